The molecule has 1 N–H and O–H groups in total. The van der Waals surface area contributed by atoms with E-state index >= 15 is 0 Å². The van der Waals surface area contributed by atoms with Crippen molar-refractivity contribution >= 4 is 11.6 Å². The van der Waals surface area contributed by atoms with E-state index in [1.807, 2.05) is 0 Å². The van der Waals surface area contributed by atoms with Gasteiger partial charge in [0.1, 0.15) is 0 Å². The Morgan fingerprint density at radius 2 is 2.19 bits per heavy atom. The molecule has 1 unspecified atom stereocenters. The molecule has 0 bridgehead atoms. The summed E-state index contributed by atoms with van der Waals surface area (Å²) in [6.45, 7) is 6.62. The molecular weight excluding hydrogens is 218 g/mol. The maximum atomic E-state index is 6.32. The summed E-state index contributed by atoms with van der Waals surface area (Å²) in [5, 5.41) is 4.38. The van der Waals surface area contributed by atoms with Crippen LogP contribution in [0.25, 0.3) is 0 Å². The van der Waals surface area contributed by atoms with E-state index in [9.17, 15) is 0 Å². The highest BCUT2D eigenvalue weighted by molar-refractivity contribution is 6.31. The number of nitrogens with one attached hydrogen (secondary N) is 1. The Hall–Kier alpha value is -0.530. The third-order valence-corrected chi connectivity index (χ3v) is 3.74. The minimum absolute atomic E-state index is 0.506. The van der Waals surface area contributed by atoms with Gasteiger partial charge in [0.05, 0.1) is 0 Å². The topological polar surface area (TPSA) is 12.0 Å². The number of hydrogen-bond donors (Lipinski definition) is 1. The van der Waals surface area contributed by atoms with Crippen molar-refractivity contribution in [2.75, 3.05) is 13.1 Å². The van der Waals surface area contributed by atoms with E-state index in [1.54, 1.807) is 0 Å². The average molecular weight is 238 g/mol. The molecule has 0 saturated carbocycles. The number of halogens is 1. The molecule has 1 nitrogen and oxygen atoms in total. The molecule has 1 aliphatic heterocycles. The Morgan fingerprint density at radius 3 is 2.75 bits per heavy atom. The number of hydrogen-bond acceptors (Lipinski definition) is 1. The van der Waals surface area contributed by atoms with Crippen LogP contribution in [0.15, 0.2) is 18.2 Å². The standard InChI is InChI=1S/C14H20ClN/c1-10(2)13-6-5-11(8-14(13)15)12-4-3-7-16-9-12/h5-6,8,10,12,16H,3-4,7,9H2,1-2H3. The molecule has 1 aromatic rings. The molecule has 0 radical (unpaired) electrons. The van der Waals surface area contributed by atoms with Crippen LogP contribution in [-0.4, -0.2) is 13.1 Å². The smallest absolute Gasteiger partial charge is 0.0443 e. The second-order valence-electron chi connectivity index (χ2n) is 4.98. The molecule has 1 heterocycles. The molecule has 2 rings (SSSR count). The highest BCUT2D eigenvalue weighted by Crippen LogP contribution is 2.30. The lowest BCUT2D eigenvalue weighted by Gasteiger charge is -2.24. The first-order chi connectivity index (χ1) is 7.68. The van der Waals surface area contributed by atoms with Crippen molar-refractivity contribution < 1.29 is 0 Å². The first kappa shape index (κ1) is 11.9. The van der Waals surface area contributed by atoms with E-state index in [0.29, 0.717) is 11.8 Å². The van der Waals surface area contributed by atoms with E-state index in [1.165, 1.54) is 24.0 Å². The second kappa shape index (κ2) is 5.20. The molecule has 0 aliphatic carbocycles. The third kappa shape index (κ3) is 2.58. The van der Waals surface area contributed by atoms with E-state index in [-0.39, 0.29) is 0 Å². The monoisotopic (exact) mass is 237 g/mol. The number of benzene rings is 1. The summed E-state index contributed by atoms with van der Waals surface area (Å²) in [4.78, 5) is 0. The fraction of sp³-hybridized carbons (Fsp3) is 0.571. The number of rotatable bonds is 2. The molecule has 1 aromatic carbocycles. The van der Waals surface area contributed by atoms with Crippen molar-refractivity contribution in [1.29, 1.82) is 0 Å². The summed E-state index contributed by atoms with van der Waals surface area (Å²) in [7, 11) is 0. The van der Waals surface area contributed by atoms with Crippen LogP contribution in [0.5, 0.6) is 0 Å². The average Bonchev–Trinajstić information content (AvgIpc) is 2.29. The largest absolute Gasteiger partial charge is 0.316 e. The molecule has 1 atom stereocenters. The van der Waals surface area contributed by atoms with Gasteiger partial charge in [-0.1, -0.05) is 37.6 Å². The Morgan fingerprint density at radius 1 is 1.38 bits per heavy atom. The minimum Gasteiger partial charge on any atom is -0.316 e. The van der Waals surface area contributed by atoms with Crippen molar-refractivity contribution in [3.63, 3.8) is 0 Å². The van der Waals surface area contributed by atoms with Gasteiger partial charge in [0.2, 0.25) is 0 Å². The SMILES string of the molecule is CC(C)c1ccc(C2CCCNC2)cc1Cl. The van der Waals surface area contributed by atoms with Crippen LogP contribution in [0.3, 0.4) is 0 Å². The fourth-order valence-corrected chi connectivity index (χ4v) is 2.81. The van der Waals surface area contributed by atoms with Crippen molar-refractivity contribution in [2.24, 2.45) is 0 Å². The van der Waals surface area contributed by atoms with Crippen molar-refractivity contribution in [1.82, 2.24) is 5.32 Å². The van der Waals surface area contributed by atoms with Crippen molar-refractivity contribution in [2.45, 2.75) is 38.5 Å². The first-order valence-electron chi connectivity index (χ1n) is 6.18. The summed E-state index contributed by atoms with van der Waals surface area (Å²) in [6.07, 6.45) is 2.55. The molecule has 0 aromatic heterocycles. The Labute approximate surface area is 103 Å². The molecule has 0 amide bonds. The summed E-state index contributed by atoms with van der Waals surface area (Å²) < 4.78 is 0. The van der Waals surface area contributed by atoms with E-state index in [0.717, 1.165) is 18.1 Å². The molecule has 1 aliphatic rings. The minimum atomic E-state index is 0.506. The molecule has 16 heavy (non-hydrogen) atoms. The van der Waals surface area contributed by atoms with Gasteiger partial charge in [-0.15, -0.1) is 0 Å². The summed E-state index contributed by atoms with van der Waals surface area (Å²) >= 11 is 6.32. The zero-order valence-electron chi connectivity index (χ0n) is 10.1. The summed E-state index contributed by atoms with van der Waals surface area (Å²) in [6, 6.07) is 6.60. The lowest BCUT2D eigenvalue weighted by Crippen LogP contribution is -2.28. The molecular formula is C14H20ClN. The summed E-state index contributed by atoms with van der Waals surface area (Å²) in [5.74, 6) is 1.15. The van der Waals surface area contributed by atoms with Crippen molar-refractivity contribution in [3.05, 3.63) is 34.3 Å². The van der Waals surface area contributed by atoms with Gasteiger partial charge < -0.3 is 5.32 Å². The Bertz CT molecular complexity index is 354. The van der Waals surface area contributed by atoms with Crippen LogP contribution < -0.4 is 5.32 Å². The van der Waals surface area contributed by atoms with E-state index < -0.39 is 0 Å². The van der Waals surface area contributed by atoms with Crippen LogP contribution in [-0.2, 0) is 0 Å². The van der Waals surface area contributed by atoms with Gasteiger partial charge in [-0.25, -0.2) is 0 Å². The highest BCUT2D eigenvalue weighted by Gasteiger charge is 2.16. The van der Waals surface area contributed by atoms with Crippen molar-refractivity contribution in [3.8, 4) is 0 Å². The predicted molar refractivity (Wildman–Crippen MR) is 70.4 cm³/mol. The molecule has 0 spiro atoms. The lowest BCUT2D eigenvalue weighted by atomic mass is 9.90. The van der Waals surface area contributed by atoms with E-state index in [4.69, 9.17) is 11.6 Å². The van der Waals surface area contributed by atoms with Crippen LogP contribution >= 0.6 is 11.6 Å². The van der Waals surface area contributed by atoms with Gasteiger partial charge >= 0.3 is 0 Å². The molecule has 1 fully saturated rings. The third-order valence-electron chi connectivity index (χ3n) is 3.41. The quantitative estimate of drug-likeness (QED) is 0.822. The van der Waals surface area contributed by atoms with Crippen LogP contribution in [0.1, 0.15) is 49.7 Å². The molecule has 88 valence electrons. The van der Waals surface area contributed by atoms with Crippen LogP contribution in [0.2, 0.25) is 5.02 Å². The lowest BCUT2D eigenvalue weighted by molar-refractivity contribution is 0.461. The van der Waals surface area contributed by atoms with Gasteiger partial charge in [-0.05, 0) is 48.4 Å². The summed E-state index contributed by atoms with van der Waals surface area (Å²) in [5.41, 5.74) is 2.65. The number of piperidine rings is 1. The van der Waals surface area contributed by atoms with Crippen LogP contribution in [0, 0.1) is 0 Å². The normalized spacial score (nSPS) is 21.4. The van der Waals surface area contributed by atoms with Gasteiger partial charge in [-0.3, -0.25) is 0 Å². The molecule has 1 saturated heterocycles. The first-order valence-corrected chi connectivity index (χ1v) is 6.56. The zero-order chi connectivity index (χ0) is 11.5. The van der Waals surface area contributed by atoms with Gasteiger partial charge in [0, 0.05) is 11.6 Å². The fourth-order valence-electron chi connectivity index (χ4n) is 2.40. The van der Waals surface area contributed by atoms with E-state index in [2.05, 4.69) is 37.4 Å². The Balaban J connectivity index is 2.19. The highest BCUT2D eigenvalue weighted by atomic mass is 35.5. The van der Waals surface area contributed by atoms with Crippen LogP contribution in [0.4, 0.5) is 0 Å². The molecule has 2 heteroatoms. The van der Waals surface area contributed by atoms with Gasteiger partial charge in [0.15, 0.2) is 0 Å². The Kier molecular flexibility index (Phi) is 3.88. The maximum Gasteiger partial charge on any atom is 0.0443 e. The second-order valence-corrected chi connectivity index (χ2v) is 5.39. The van der Waals surface area contributed by atoms with Gasteiger partial charge in [0.25, 0.3) is 0 Å². The maximum absolute atomic E-state index is 6.32. The van der Waals surface area contributed by atoms with Gasteiger partial charge in [-0.2, -0.15) is 0 Å². The zero-order valence-corrected chi connectivity index (χ0v) is 10.8. The predicted octanol–water partition coefficient (Wildman–Crippen LogP) is 3.93.